The molecule has 5 heteroatoms. The molecule has 1 rings (SSSR count). The van der Waals surface area contributed by atoms with Gasteiger partial charge in [-0.15, -0.1) is 0 Å². The van der Waals surface area contributed by atoms with Gasteiger partial charge in [0, 0.05) is 25.8 Å². The maximum atomic E-state index is 13.9. The predicted octanol–water partition coefficient (Wildman–Crippen LogP) is 3.53. The topological polar surface area (TPSA) is 21.3 Å². The first-order valence-electron chi connectivity index (χ1n) is 6.19. The van der Waals surface area contributed by atoms with Crippen molar-refractivity contribution in [2.75, 3.05) is 26.8 Å². The molecule has 0 aliphatic heterocycles. The third-order valence-corrected chi connectivity index (χ3v) is 3.49. The predicted molar refractivity (Wildman–Crippen MR) is 76.3 cm³/mol. The molecule has 0 spiro atoms. The maximum Gasteiger partial charge on any atom is 0.143 e. The van der Waals surface area contributed by atoms with E-state index < -0.39 is 11.6 Å². The first-order valence-corrected chi connectivity index (χ1v) is 6.99. The first-order chi connectivity index (χ1) is 8.87. The molecule has 1 aromatic carbocycles. The lowest BCUT2D eigenvalue weighted by atomic mass is 9.85. The normalized spacial score (nSPS) is 11.9. The molecule has 0 heterocycles. The molecule has 0 saturated carbocycles. The van der Waals surface area contributed by atoms with Crippen molar-refractivity contribution in [3.05, 3.63) is 33.8 Å². The minimum atomic E-state index is -0.509. The Morgan fingerprint density at radius 3 is 2.63 bits per heavy atom. The third-order valence-electron chi connectivity index (χ3n) is 2.88. The number of nitrogens with one attached hydrogen (secondary N) is 1. The molecule has 0 fully saturated rings. The van der Waals surface area contributed by atoms with Crippen LogP contribution >= 0.6 is 15.9 Å². The van der Waals surface area contributed by atoms with Gasteiger partial charge in [0.2, 0.25) is 0 Å². The van der Waals surface area contributed by atoms with Crippen molar-refractivity contribution < 1.29 is 13.5 Å². The van der Waals surface area contributed by atoms with Crippen molar-refractivity contribution in [3.8, 4) is 0 Å². The molecule has 19 heavy (non-hydrogen) atoms. The second-order valence-electron chi connectivity index (χ2n) is 5.33. The van der Waals surface area contributed by atoms with E-state index in [0.29, 0.717) is 24.0 Å². The van der Waals surface area contributed by atoms with Crippen LogP contribution in [0.2, 0.25) is 0 Å². The van der Waals surface area contributed by atoms with Crippen LogP contribution in [0.1, 0.15) is 19.4 Å². The van der Waals surface area contributed by atoms with Crippen molar-refractivity contribution in [1.29, 1.82) is 0 Å². The summed E-state index contributed by atoms with van der Waals surface area (Å²) < 4.78 is 32.8. The van der Waals surface area contributed by atoms with Crippen LogP contribution in [0.15, 0.2) is 16.6 Å². The summed E-state index contributed by atoms with van der Waals surface area (Å²) in [6, 6.07) is 2.68. The van der Waals surface area contributed by atoms with Gasteiger partial charge in [-0.2, -0.15) is 0 Å². The molecule has 0 saturated heterocycles. The van der Waals surface area contributed by atoms with E-state index >= 15 is 0 Å². The summed E-state index contributed by atoms with van der Waals surface area (Å²) in [4.78, 5) is 0. The molecule has 1 N–H and O–H groups in total. The molecule has 0 amide bonds. The number of hydrogen-bond donors (Lipinski definition) is 1. The maximum absolute atomic E-state index is 13.9. The molecular weight excluding hydrogens is 316 g/mol. The SMILES string of the molecule is COCCNCC(C)(C)Cc1c(F)ccc(Br)c1F. The molecule has 2 nitrogen and oxygen atoms in total. The summed E-state index contributed by atoms with van der Waals surface area (Å²) >= 11 is 3.09. The van der Waals surface area contributed by atoms with Gasteiger partial charge >= 0.3 is 0 Å². The molecule has 1 aromatic rings. The highest BCUT2D eigenvalue weighted by atomic mass is 79.9. The molecular formula is C14H20BrF2NO. The van der Waals surface area contributed by atoms with Crippen LogP contribution in [0.3, 0.4) is 0 Å². The summed E-state index contributed by atoms with van der Waals surface area (Å²) in [5, 5.41) is 3.22. The minimum Gasteiger partial charge on any atom is -0.383 e. The van der Waals surface area contributed by atoms with Gasteiger partial charge in [-0.3, -0.25) is 0 Å². The quantitative estimate of drug-likeness (QED) is 0.608. The van der Waals surface area contributed by atoms with Gasteiger partial charge in [0.05, 0.1) is 11.1 Å². The van der Waals surface area contributed by atoms with E-state index in [1.165, 1.54) is 12.1 Å². The fourth-order valence-corrected chi connectivity index (χ4v) is 2.24. The van der Waals surface area contributed by atoms with Gasteiger partial charge in [0.25, 0.3) is 0 Å². The van der Waals surface area contributed by atoms with E-state index in [9.17, 15) is 8.78 Å². The Morgan fingerprint density at radius 1 is 1.32 bits per heavy atom. The number of benzene rings is 1. The molecule has 0 aliphatic carbocycles. The zero-order valence-corrected chi connectivity index (χ0v) is 13.1. The molecule has 0 unspecified atom stereocenters. The lowest BCUT2D eigenvalue weighted by Crippen LogP contribution is -2.33. The minimum absolute atomic E-state index is 0.132. The van der Waals surface area contributed by atoms with Gasteiger partial charge in [-0.25, -0.2) is 8.78 Å². The van der Waals surface area contributed by atoms with Crippen molar-refractivity contribution in [2.24, 2.45) is 5.41 Å². The first kappa shape index (κ1) is 16.5. The largest absolute Gasteiger partial charge is 0.383 e. The zero-order valence-electron chi connectivity index (χ0n) is 11.5. The highest BCUT2D eigenvalue weighted by Crippen LogP contribution is 2.28. The van der Waals surface area contributed by atoms with E-state index in [0.717, 1.165) is 6.54 Å². The number of hydrogen-bond acceptors (Lipinski definition) is 2. The molecule has 0 bridgehead atoms. The van der Waals surface area contributed by atoms with Gasteiger partial charge in [-0.1, -0.05) is 13.8 Å². The lowest BCUT2D eigenvalue weighted by Gasteiger charge is -2.26. The third kappa shape index (κ3) is 5.16. The van der Waals surface area contributed by atoms with Crippen molar-refractivity contribution in [2.45, 2.75) is 20.3 Å². The fourth-order valence-electron chi connectivity index (χ4n) is 1.87. The average molecular weight is 336 g/mol. The Balaban J connectivity index is 2.69. The molecule has 0 aliphatic rings. The number of rotatable bonds is 7. The number of methoxy groups -OCH3 is 1. The Kier molecular flexibility index (Phi) is 6.36. The second-order valence-corrected chi connectivity index (χ2v) is 6.19. The van der Waals surface area contributed by atoms with Crippen LogP contribution < -0.4 is 5.32 Å². The molecule has 108 valence electrons. The van der Waals surface area contributed by atoms with Crippen molar-refractivity contribution in [3.63, 3.8) is 0 Å². The van der Waals surface area contributed by atoms with Crippen LogP contribution in [0.4, 0.5) is 8.78 Å². The standard InChI is InChI=1S/C14H20BrF2NO/c1-14(2,9-18-6-7-19-3)8-10-12(16)5-4-11(15)13(10)17/h4-5,18H,6-9H2,1-3H3. The fraction of sp³-hybridized carbons (Fsp3) is 0.571. The van der Waals surface area contributed by atoms with E-state index in [2.05, 4.69) is 21.2 Å². The van der Waals surface area contributed by atoms with Crippen molar-refractivity contribution in [1.82, 2.24) is 5.32 Å². The Hall–Kier alpha value is -0.520. The smallest absolute Gasteiger partial charge is 0.143 e. The molecule has 0 radical (unpaired) electrons. The van der Waals surface area contributed by atoms with Crippen LogP contribution in [0, 0.1) is 17.0 Å². The van der Waals surface area contributed by atoms with E-state index in [1.54, 1.807) is 7.11 Å². The Morgan fingerprint density at radius 2 is 2.00 bits per heavy atom. The number of halogens is 3. The van der Waals surface area contributed by atoms with E-state index in [4.69, 9.17) is 4.74 Å². The van der Waals surface area contributed by atoms with Gasteiger partial charge in [-0.05, 0) is 39.9 Å². The van der Waals surface area contributed by atoms with E-state index in [-0.39, 0.29) is 11.0 Å². The van der Waals surface area contributed by atoms with Crippen LogP contribution in [-0.4, -0.2) is 26.8 Å². The van der Waals surface area contributed by atoms with E-state index in [1.807, 2.05) is 13.8 Å². The molecule has 0 aromatic heterocycles. The van der Waals surface area contributed by atoms with Crippen molar-refractivity contribution >= 4 is 15.9 Å². The summed E-state index contributed by atoms with van der Waals surface area (Å²) in [5.41, 5.74) is -0.108. The Bertz CT molecular complexity index is 424. The van der Waals surface area contributed by atoms with Gasteiger partial charge < -0.3 is 10.1 Å². The highest BCUT2D eigenvalue weighted by molar-refractivity contribution is 9.10. The summed E-state index contributed by atoms with van der Waals surface area (Å²) in [6.45, 7) is 5.97. The summed E-state index contributed by atoms with van der Waals surface area (Å²) in [7, 11) is 1.64. The average Bonchev–Trinajstić information content (AvgIpc) is 2.35. The summed E-state index contributed by atoms with van der Waals surface area (Å²) in [6.07, 6.45) is 0.337. The highest BCUT2D eigenvalue weighted by Gasteiger charge is 2.23. The molecule has 0 atom stereocenters. The van der Waals surface area contributed by atoms with Gasteiger partial charge in [0.15, 0.2) is 0 Å². The van der Waals surface area contributed by atoms with Gasteiger partial charge in [0.1, 0.15) is 11.6 Å². The Labute approximate surface area is 121 Å². The zero-order chi connectivity index (χ0) is 14.5. The second kappa shape index (κ2) is 7.31. The number of ether oxygens (including phenoxy) is 1. The van der Waals surface area contributed by atoms with Crippen LogP contribution in [-0.2, 0) is 11.2 Å². The van der Waals surface area contributed by atoms with Crippen LogP contribution in [0.25, 0.3) is 0 Å². The summed E-state index contributed by atoms with van der Waals surface area (Å²) in [5.74, 6) is -1.00. The van der Waals surface area contributed by atoms with Crippen LogP contribution in [0.5, 0.6) is 0 Å². The lowest BCUT2D eigenvalue weighted by molar-refractivity contribution is 0.193. The monoisotopic (exact) mass is 335 g/mol.